The normalized spacial score (nSPS) is 14.6. The number of carboxylic acid groups (broad SMARTS) is 1. The summed E-state index contributed by atoms with van der Waals surface area (Å²) in [6, 6.07) is 9.89. The van der Waals surface area contributed by atoms with Gasteiger partial charge in [0.15, 0.2) is 0 Å². The van der Waals surface area contributed by atoms with Gasteiger partial charge in [0, 0.05) is 6.42 Å². The Labute approximate surface area is 232 Å². The van der Waals surface area contributed by atoms with Gasteiger partial charge in [0.05, 0.1) is 12.5 Å². The number of carbonyl (C=O) groups is 5. The Morgan fingerprint density at radius 2 is 1.38 bits per heavy atom. The van der Waals surface area contributed by atoms with E-state index in [-0.39, 0.29) is 24.5 Å². The number of phenols is 1. The molecule has 0 radical (unpaired) electrons. The van der Waals surface area contributed by atoms with Crippen LogP contribution in [0.2, 0.25) is 0 Å². The summed E-state index contributed by atoms with van der Waals surface area (Å²) in [6.07, 6.45) is 0.0163. The summed E-state index contributed by atoms with van der Waals surface area (Å²) < 4.78 is 0. The Kier molecular flexibility index (Phi) is 12.1. The molecule has 40 heavy (non-hydrogen) atoms. The van der Waals surface area contributed by atoms with E-state index >= 15 is 0 Å². The first-order valence-electron chi connectivity index (χ1n) is 12.9. The standard InChI is InChI=1S/C28H37N5O7/c1-3-16(2)24(33-25(36)20(29)13-18-9-11-19(34)12-10-18)27(38)31-21(15-23(30)35)26(37)32-22(28(39)40)14-17-7-5-4-6-8-17/h4-12,16,20-22,24,34H,3,13-15,29H2,1-2H3,(H2,30,35)(H,31,38)(H,32,37)(H,33,36)(H,39,40). The molecule has 0 aliphatic heterocycles. The number of rotatable bonds is 15. The first-order chi connectivity index (χ1) is 18.9. The number of nitrogens with two attached hydrogens (primary N) is 2. The topological polar surface area (TPSA) is 214 Å². The summed E-state index contributed by atoms with van der Waals surface area (Å²) in [4.78, 5) is 62.6. The van der Waals surface area contributed by atoms with Gasteiger partial charge in [-0.25, -0.2) is 4.79 Å². The third-order valence-corrected chi connectivity index (χ3v) is 6.46. The third kappa shape index (κ3) is 10.0. The van der Waals surface area contributed by atoms with Gasteiger partial charge in [0.25, 0.3) is 0 Å². The maximum Gasteiger partial charge on any atom is 0.326 e. The van der Waals surface area contributed by atoms with Crippen molar-refractivity contribution in [3.05, 3.63) is 65.7 Å². The van der Waals surface area contributed by atoms with Crippen LogP contribution in [-0.4, -0.2) is 64.0 Å². The highest BCUT2D eigenvalue weighted by Gasteiger charge is 2.33. The molecular formula is C28H37N5O7. The monoisotopic (exact) mass is 555 g/mol. The Hall–Kier alpha value is -4.45. The quantitative estimate of drug-likeness (QED) is 0.158. The number of aromatic hydroxyl groups is 1. The number of benzene rings is 2. The van der Waals surface area contributed by atoms with E-state index in [1.54, 1.807) is 49.4 Å². The average Bonchev–Trinajstić information content (AvgIpc) is 2.91. The predicted molar refractivity (Wildman–Crippen MR) is 147 cm³/mol. The fraction of sp³-hybridized carbons (Fsp3) is 0.393. The summed E-state index contributed by atoms with van der Waals surface area (Å²) in [5.74, 6) is -4.78. The number of hydrogen-bond acceptors (Lipinski definition) is 7. The van der Waals surface area contributed by atoms with E-state index in [2.05, 4.69) is 16.0 Å². The van der Waals surface area contributed by atoms with Crippen LogP contribution >= 0.6 is 0 Å². The molecule has 0 spiro atoms. The molecule has 12 heteroatoms. The highest BCUT2D eigenvalue weighted by Crippen LogP contribution is 2.13. The van der Waals surface area contributed by atoms with Gasteiger partial charge in [-0.05, 0) is 35.6 Å². The second-order valence-electron chi connectivity index (χ2n) is 9.67. The van der Waals surface area contributed by atoms with Gasteiger partial charge in [0.2, 0.25) is 23.6 Å². The smallest absolute Gasteiger partial charge is 0.326 e. The van der Waals surface area contributed by atoms with Crippen molar-refractivity contribution in [2.75, 3.05) is 0 Å². The number of carboxylic acids is 1. The fourth-order valence-corrected chi connectivity index (χ4v) is 3.94. The zero-order valence-electron chi connectivity index (χ0n) is 22.5. The van der Waals surface area contributed by atoms with Crippen LogP contribution < -0.4 is 27.4 Å². The summed E-state index contributed by atoms with van der Waals surface area (Å²) >= 11 is 0. The van der Waals surface area contributed by atoms with Crippen molar-refractivity contribution in [3.63, 3.8) is 0 Å². The maximum atomic E-state index is 13.3. The molecule has 5 unspecified atom stereocenters. The zero-order chi connectivity index (χ0) is 29.8. The minimum Gasteiger partial charge on any atom is -0.508 e. The van der Waals surface area contributed by atoms with E-state index in [0.29, 0.717) is 17.5 Å². The Balaban J connectivity index is 2.14. The Bertz CT molecular complexity index is 1170. The van der Waals surface area contributed by atoms with Crippen LogP contribution in [0.5, 0.6) is 5.75 Å². The van der Waals surface area contributed by atoms with E-state index in [1.807, 2.05) is 6.92 Å². The zero-order valence-corrected chi connectivity index (χ0v) is 22.5. The summed E-state index contributed by atoms with van der Waals surface area (Å²) in [7, 11) is 0. The lowest BCUT2D eigenvalue weighted by molar-refractivity contribution is -0.142. The molecular weight excluding hydrogens is 518 g/mol. The molecule has 0 aromatic heterocycles. The van der Waals surface area contributed by atoms with Crippen molar-refractivity contribution in [1.82, 2.24) is 16.0 Å². The molecule has 0 saturated heterocycles. The molecule has 12 nitrogen and oxygen atoms in total. The van der Waals surface area contributed by atoms with Gasteiger partial charge in [-0.3, -0.25) is 19.2 Å². The minimum absolute atomic E-state index is 0.0242. The Morgan fingerprint density at radius 1 is 0.800 bits per heavy atom. The minimum atomic E-state index is -1.48. The van der Waals surface area contributed by atoms with E-state index in [1.165, 1.54) is 12.1 Å². The summed E-state index contributed by atoms with van der Waals surface area (Å²) in [5.41, 5.74) is 12.7. The van der Waals surface area contributed by atoms with E-state index in [9.17, 15) is 34.2 Å². The number of nitrogens with one attached hydrogen (secondary N) is 3. The molecule has 0 bridgehead atoms. The van der Waals surface area contributed by atoms with Crippen LogP contribution in [0.3, 0.4) is 0 Å². The number of primary amides is 1. The number of phenolic OH excluding ortho intramolecular Hbond substituents is 1. The molecule has 0 aliphatic carbocycles. The number of aliphatic carboxylic acids is 1. The molecule has 2 aromatic rings. The molecule has 0 heterocycles. The third-order valence-electron chi connectivity index (χ3n) is 6.46. The largest absolute Gasteiger partial charge is 0.508 e. The fourth-order valence-electron chi connectivity index (χ4n) is 3.94. The van der Waals surface area contributed by atoms with Crippen LogP contribution in [0.4, 0.5) is 0 Å². The van der Waals surface area contributed by atoms with Gasteiger partial charge >= 0.3 is 5.97 Å². The lowest BCUT2D eigenvalue weighted by Crippen LogP contribution is -2.59. The van der Waals surface area contributed by atoms with Crippen molar-refractivity contribution in [3.8, 4) is 5.75 Å². The van der Waals surface area contributed by atoms with Crippen LogP contribution in [0.1, 0.15) is 37.8 Å². The predicted octanol–water partition coefficient (Wildman–Crippen LogP) is -0.0348. The van der Waals surface area contributed by atoms with Crippen LogP contribution in [0.25, 0.3) is 0 Å². The molecule has 0 fully saturated rings. The lowest BCUT2D eigenvalue weighted by atomic mass is 9.96. The van der Waals surface area contributed by atoms with Crippen LogP contribution in [-0.2, 0) is 36.8 Å². The van der Waals surface area contributed by atoms with Gasteiger partial charge in [0.1, 0.15) is 23.9 Å². The second-order valence-corrected chi connectivity index (χ2v) is 9.67. The summed E-state index contributed by atoms with van der Waals surface area (Å²) in [5, 5.41) is 26.5. The number of carbonyl (C=O) groups excluding carboxylic acids is 4. The van der Waals surface area contributed by atoms with Crippen molar-refractivity contribution in [1.29, 1.82) is 0 Å². The first-order valence-corrected chi connectivity index (χ1v) is 12.9. The van der Waals surface area contributed by atoms with Crippen molar-refractivity contribution < 1.29 is 34.2 Å². The second kappa shape index (κ2) is 15.2. The molecule has 4 amide bonds. The molecule has 9 N–H and O–H groups in total. The molecule has 0 aliphatic rings. The van der Waals surface area contributed by atoms with Gasteiger partial charge in [-0.15, -0.1) is 0 Å². The van der Waals surface area contributed by atoms with Gasteiger partial charge in [-0.2, -0.15) is 0 Å². The molecule has 5 atom stereocenters. The number of hydrogen-bond donors (Lipinski definition) is 7. The number of amides is 4. The van der Waals surface area contributed by atoms with Gasteiger partial charge < -0.3 is 37.6 Å². The van der Waals surface area contributed by atoms with Crippen molar-refractivity contribution in [2.45, 2.75) is 63.7 Å². The van der Waals surface area contributed by atoms with E-state index in [4.69, 9.17) is 11.5 Å². The highest BCUT2D eigenvalue weighted by atomic mass is 16.4. The van der Waals surface area contributed by atoms with Crippen LogP contribution in [0, 0.1) is 5.92 Å². The molecule has 216 valence electrons. The SMILES string of the molecule is CCC(C)C(NC(=O)C(N)Cc1ccc(O)cc1)C(=O)NC(CC(N)=O)C(=O)NC(Cc1ccccc1)C(=O)O. The molecule has 2 rings (SSSR count). The first kappa shape index (κ1) is 31.8. The van der Waals surface area contributed by atoms with Crippen LogP contribution in [0.15, 0.2) is 54.6 Å². The van der Waals surface area contributed by atoms with Crippen molar-refractivity contribution in [2.24, 2.45) is 17.4 Å². The highest BCUT2D eigenvalue weighted by molar-refractivity contribution is 5.96. The Morgan fingerprint density at radius 3 is 1.93 bits per heavy atom. The van der Waals surface area contributed by atoms with E-state index in [0.717, 1.165) is 0 Å². The average molecular weight is 556 g/mol. The molecule has 2 aromatic carbocycles. The lowest BCUT2D eigenvalue weighted by Gasteiger charge is -2.27. The van der Waals surface area contributed by atoms with Crippen molar-refractivity contribution >= 4 is 29.6 Å². The summed E-state index contributed by atoms with van der Waals surface area (Å²) in [6.45, 7) is 3.53. The van der Waals surface area contributed by atoms with E-state index < -0.39 is 60.2 Å². The molecule has 0 saturated carbocycles. The van der Waals surface area contributed by atoms with Gasteiger partial charge in [-0.1, -0.05) is 62.7 Å². The maximum absolute atomic E-state index is 13.3.